The van der Waals surface area contributed by atoms with Gasteiger partial charge in [0, 0.05) is 31.2 Å². The molecular formula is C21H26Cl2N2O2. The molecule has 1 N–H and O–H groups in total. The second-order valence-corrected chi connectivity index (χ2v) is 7.80. The molecule has 0 radical (unpaired) electrons. The SMILES string of the molecule is OC(COc1ccc(Cl)cc1Cl)CN1CCCN(Cc2ccccc2)CC1. The summed E-state index contributed by atoms with van der Waals surface area (Å²) >= 11 is 12.0. The predicted molar refractivity (Wildman–Crippen MR) is 111 cm³/mol. The van der Waals surface area contributed by atoms with Crippen LogP contribution in [-0.2, 0) is 6.54 Å². The molecule has 0 spiro atoms. The number of ether oxygens (including phenoxy) is 1. The third kappa shape index (κ3) is 6.66. The van der Waals surface area contributed by atoms with Crippen LogP contribution in [-0.4, -0.2) is 60.3 Å². The van der Waals surface area contributed by atoms with E-state index in [1.165, 1.54) is 5.56 Å². The molecule has 146 valence electrons. The minimum Gasteiger partial charge on any atom is -0.489 e. The molecule has 2 aromatic carbocycles. The monoisotopic (exact) mass is 408 g/mol. The van der Waals surface area contributed by atoms with Gasteiger partial charge in [-0.15, -0.1) is 0 Å². The van der Waals surface area contributed by atoms with Crippen molar-refractivity contribution in [3.05, 3.63) is 64.1 Å². The van der Waals surface area contributed by atoms with Gasteiger partial charge >= 0.3 is 0 Å². The standard InChI is InChI=1S/C21H26Cl2N2O2/c22-18-7-8-21(20(23)13-18)27-16-19(26)15-25-10-4-9-24(11-12-25)14-17-5-2-1-3-6-17/h1-3,5-8,13,19,26H,4,9-12,14-16H2. The van der Waals surface area contributed by atoms with Crippen LogP contribution in [0.1, 0.15) is 12.0 Å². The Hall–Kier alpha value is -1.30. The summed E-state index contributed by atoms with van der Waals surface area (Å²) in [7, 11) is 0. The van der Waals surface area contributed by atoms with Gasteiger partial charge in [-0.3, -0.25) is 9.80 Å². The average molecular weight is 409 g/mol. The molecule has 1 fully saturated rings. The first kappa shape index (κ1) is 20.4. The quantitative estimate of drug-likeness (QED) is 0.752. The number of nitrogens with zero attached hydrogens (tertiary/aromatic N) is 2. The molecule has 1 unspecified atom stereocenters. The summed E-state index contributed by atoms with van der Waals surface area (Å²) < 4.78 is 5.65. The van der Waals surface area contributed by atoms with E-state index in [1.807, 2.05) is 6.07 Å². The molecule has 1 saturated heterocycles. The summed E-state index contributed by atoms with van der Waals surface area (Å²) in [4.78, 5) is 4.79. The van der Waals surface area contributed by atoms with Gasteiger partial charge in [0.05, 0.1) is 5.02 Å². The zero-order valence-corrected chi connectivity index (χ0v) is 16.9. The molecule has 0 amide bonds. The zero-order valence-electron chi connectivity index (χ0n) is 15.4. The van der Waals surface area contributed by atoms with Crippen LogP contribution in [0.5, 0.6) is 5.75 Å². The van der Waals surface area contributed by atoms with Crippen molar-refractivity contribution in [1.82, 2.24) is 9.80 Å². The lowest BCUT2D eigenvalue weighted by molar-refractivity contribution is 0.0693. The van der Waals surface area contributed by atoms with Gasteiger partial charge in [0.2, 0.25) is 0 Å². The summed E-state index contributed by atoms with van der Waals surface area (Å²) in [5, 5.41) is 11.4. The minimum atomic E-state index is -0.558. The van der Waals surface area contributed by atoms with E-state index in [4.69, 9.17) is 27.9 Å². The van der Waals surface area contributed by atoms with Gasteiger partial charge in [-0.1, -0.05) is 53.5 Å². The lowest BCUT2D eigenvalue weighted by atomic mass is 10.2. The normalized spacial score (nSPS) is 17.4. The van der Waals surface area contributed by atoms with E-state index >= 15 is 0 Å². The van der Waals surface area contributed by atoms with E-state index < -0.39 is 6.10 Å². The highest BCUT2D eigenvalue weighted by molar-refractivity contribution is 6.35. The van der Waals surface area contributed by atoms with Crippen LogP contribution in [0.3, 0.4) is 0 Å². The van der Waals surface area contributed by atoms with Crippen molar-refractivity contribution >= 4 is 23.2 Å². The van der Waals surface area contributed by atoms with Gasteiger partial charge in [0.1, 0.15) is 18.5 Å². The largest absolute Gasteiger partial charge is 0.489 e. The highest BCUT2D eigenvalue weighted by Crippen LogP contribution is 2.27. The maximum absolute atomic E-state index is 10.4. The van der Waals surface area contributed by atoms with Crippen molar-refractivity contribution in [2.75, 3.05) is 39.3 Å². The van der Waals surface area contributed by atoms with Crippen LogP contribution in [0, 0.1) is 0 Å². The number of β-amino-alcohol motifs (C(OH)–C–C–N with tert-alkyl or cyclic N) is 1. The second kappa shape index (κ2) is 10.3. The van der Waals surface area contributed by atoms with E-state index in [9.17, 15) is 5.11 Å². The molecule has 1 heterocycles. The summed E-state index contributed by atoms with van der Waals surface area (Å²) in [6.07, 6.45) is 0.543. The fourth-order valence-corrected chi connectivity index (χ4v) is 3.80. The minimum absolute atomic E-state index is 0.214. The fraction of sp³-hybridized carbons (Fsp3) is 0.429. The summed E-state index contributed by atoms with van der Waals surface area (Å²) in [6, 6.07) is 15.7. The van der Waals surface area contributed by atoms with Gasteiger partial charge in [-0.05, 0) is 43.3 Å². The molecule has 4 nitrogen and oxygen atoms in total. The topological polar surface area (TPSA) is 35.9 Å². The molecule has 27 heavy (non-hydrogen) atoms. The Balaban J connectivity index is 1.42. The van der Waals surface area contributed by atoms with Crippen LogP contribution < -0.4 is 4.74 Å². The number of aliphatic hydroxyl groups excluding tert-OH is 1. The first-order valence-corrected chi connectivity index (χ1v) is 10.1. The number of hydrogen-bond acceptors (Lipinski definition) is 4. The van der Waals surface area contributed by atoms with Crippen molar-refractivity contribution in [3.8, 4) is 5.75 Å². The Bertz CT molecular complexity index is 715. The maximum Gasteiger partial charge on any atom is 0.138 e. The molecule has 0 bridgehead atoms. The number of benzene rings is 2. The summed E-state index contributed by atoms with van der Waals surface area (Å²) in [6.45, 7) is 5.82. The Labute approximate surface area is 171 Å². The van der Waals surface area contributed by atoms with Crippen LogP contribution in [0.4, 0.5) is 0 Å². The fourth-order valence-electron chi connectivity index (χ4n) is 3.34. The van der Waals surface area contributed by atoms with Crippen LogP contribution >= 0.6 is 23.2 Å². The number of rotatable bonds is 7. The Kier molecular flexibility index (Phi) is 7.80. The molecule has 2 aromatic rings. The first-order valence-electron chi connectivity index (χ1n) is 9.35. The molecule has 1 aliphatic rings. The molecule has 1 aliphatic heterocycles. The smallest absolute Gasteiger partial charge is 0.138 e. The molecule has 1 atom stereocenters. The number of halogens is 2. The van der Waals surface area contributed by atoms with Gasteiger partial charge in [-0.2, -0.15) is 0 Å². The third-order valence-electron chi connectivity index (χ3n) is 4.72. The highest BCUT2D eigenvalue weighted by atomic mass is 35.5. The van der Waals surface area contributed by atoms with Gasteiger partial charge in [0.15, 0.2) is 0 Å². The molecule has 0 aliphatic carbocycles. The van der Waals surface area contributed by atoms with Crippen molar-refractivity contribution in [3.63, 3.8) is 0 Å². The van der Waals surface area contributed by atoms with Crippen LogP contribution in [0.25, 0.3) is 0 Å². The lowest BCUT2D eigenvalue weighted by Crippen LogP contribution is -2.38. The predicted octanol–water partition coefficient (Wildman–Crippen LogP) is 3.94. The second-order valence-electron chi connectivity index (χ2n) is 6.96. The van der Waals surface area contributed by atoms with E-state index in [1.54, 1.807) is 18.2 Å². The van der Waals surface area contributed by atoms with Gasteiger partial charge in [0.25, 0.3) is 0 Å². The third-order valence-corrected chi connectivity index (χ3v) is 5.25. The zero-order chi connectivity index (χ0) is 19.1. The van der Waals surface area contributed by atoms with Gasteiger partial charge < -0.3 is 9.84 Å². The van der Waals surface area contributed by atoms with Crippen molar-refractivity contribution < 1.29 is 9.84 Å². The molecule has 6 heteroatoms. The van der Waals surface area contributed by atoms with Crippen molar-refractivity contribution in [2.45, 2.75) is 19.1 Å². The van der Waals surface area contributed by atoms with Gasteiger partial charge in [-0.25, -0.2) is 0 Å². The summed E-state index contributed by atoms with van der Waals surface area (Å²) in [5.74, 6) is 0.546. The molecular weight excluding hydrogens is 383 g/mol. The Morgan fingerprint density at radius 2 is 1.70 bits per heavy atom. The lowest BCUT2D eigenvalue weighted by Gasteiger charge is -2.24. The highest BCUT2D eigenvalue weighted by Gasteiger charge is 2.18. The van der Waals surface area contributed by atoms with Crippen molar-refractivity contribution in [2.24, 2.45) is 0 Å². The maximum atomic E-state index is 10.4. The molecule has 0 aromatic heterocycles. The van der Waals surface area contributed by atoms with E-state index in [0.29, 0.717) is 22.3 Å². The van der Waals surface area contributed by atoms with E-state index in [2.05, 4.69) is 34.1 Å². The number of hydrogen-bond donors (Lipinski definition) is 1. The number of aliphatic hydroxyl groups is 1. The first-order chi connectivity index (χ1) is 13.1. The van der Waals surface area contributed by atoms with Crippen LogP contribution in [0.15, 0.2) is 48.5 Å². The molecule has 0 saturated carbocycles. The Morgan fingerprint density at radius 1 is 0.963 bits per heavy atom. The molecule has 3 rings (SSSR count). The average Bonchev–Trinajstić information content (AvgIpc) is 2.87. The van der Waals surface area contributed by atoms with Crippen molar-refractivity contribution in [1.29, 1.82) is 0 Å². The Morgan fingerprint density at radius 3 is 2.48 bits per heavy atom. The summed E-state index contributed by atoms with van der Waals surface area (Å²) in [5.41, 5.74) is 1.35. The van der Waals surface area contributed by atoms with E-state index in [-0.39, 0.29) is 6.61 Å². The van der Waals surface area contributed by atoms with Crippen LogP contribution in [0.2, 0.25) is 10.0 Å². The van der Waals surface area contributed by atoms with E-state index in [0.717, 1.165) is 39.1 Å².